The zero-order chi connectivity index (χ0) is 40.6. The first-order valence-corrected chi connectivity index (χ1v) is 22.2. The monoisotopic (exact) mass is 836 g/mol. The molecule has 4 aliphatic rings. The minimum absolute atomic E-state index is 0.0392. The summed E-state index contributed by atoms with van der Waals surface area (Å²) in [6, 6.07) is 7.01. The summed E-state index contributed by atoms with van der Waals surface area (Å²) >= 11 is 1.48. The summed E-state index contributed by atoms with van der Waals surface area (Å²) in [5.74, 6) is -0.706. The third-order valence-electron chi connectivity index (χ3n) is 11.9. The van der Waals surface area contributed by atoms with Gasteiger partial charge in [0.05, 0.1) is 34.3 Å². The normalized spacial score (nSPS) is 22.7. The van der Waals surface area contributed by atoms with Crippen molar-refractivity contribution in [1.82, 2.24) is 19.8 Å². The van der Waals surface area contributed by atoms with Gasteiger partial charge in [0.2, 0.25) is 17.7 Å². The number of likely N-dealkylation sites (tertiary alicyclic amines) is 1. The SMILES string of the molecule is CCc1c2c(nc3ccc(OC(=O)CCCCCNC(=O)C4CCC(CN5C(=O)CC(SC(P)P)C5=O)CC4)cc13)-c1cc3c(c(=O)n1C2)COC(=O)[C@]3(O)CC. The number of thioether (sulfide) groups is 1. The number of carbonyl (C=O) groups is 5. The van der Waals surface area contributed by atoms with Crippen molar-refractivity contribution in [3.8, 4) is 17.1 Å². The average Bonchev–Trinajstić information content (AvgIpc) is 3.68. The Balaban J connectivity index is 0.870. The van der Waals surface area contributed by atoms with Crippen molar-refractivity contribution in [2.75, 3.05) is 13.1 Å². The van der Waals surface area contributed by atoms with Gasteiger partial charge in [-0.25, -0.2) is 9.78 Å². The lowest BCUT2D eigenvalue weighted by atomic mass is 9.81. The number of aryl methyl sites for hydroxylation is 1. The van der Waals surface area contributed by atoms with Gasteiger partial charge in [0.25, 0.3) is 5.56 Å². The van der Waals surface area contributed by atoms with Crippen LogP contribution in [0.2, 0.25) is 0 Å². The molecule has 0 bridgehead atoms. The summed E-state index contributed by atoms with van der Waals surface area (Å²) in [7, 11) is 5.25. The minimum atomic E-state index is -1.90. The van der Waals surface area contributed by atoms with E-state index >= 15 is 0 Å². The number of pyridine rings is 2. The number of hydrogen-bond acceptors (Lipinski definition) is 11. The highest BCUT2D eigenvalue weighted by Crippen LogP contribution is 2.41. The summed E-state index contributed by atoms with van der Waals surface area (Å²) in [4.78, 5) is 83.4. The van der Waals surface area contributed by atoms with Gasteiger partial charge >= 0.3 is 11.9 Å². The lowest BCUT2D eigenvalue weighted by Gasteiger charge is -2.31. The molecule has 3 amide bonds. The average molecular weight is 837 g/mol. The Bertz CT molecular complexity index is 2190. The van der Waals surface area contributed by atoms with Crippen LogP contribution in [0.1, 0.15) is 100 Å². The quantitative estimate of drug-likeness (QED) is 0.0580. The molecule has 4 atom stereocenters. The van der Waals surface area contributed by atoms with Gasteiger partial charge in [0, 0.05) is 53.1 Å². The summed E-state index contributed by atoms with van der Waals surface area (Å²) in [5.41, 5.74) is 2.03. The third kappa shape index (κ3) is 8.30. The Morgan fingerprint density at radius 1 is 1.07 bits per heavy atom. The van der Waals surface area contributed by atoms with E-state index in [1.54, 1.807) is 29.7 Å². The first-order chi connectivity index (χ1) is 27.3. The number of carbonyl (C=O) groups excluding carboxylic acids is 5. The number of esters is 2. The van der Waals surface area contributed by atoms with E-state index in [9.17, 15) is 33.9 Å². The van der Waals surface area contributed by atoms with Crippen molar-refractivity contribution in [1.29, 1.82) is 0 Å². The number of hydrogen-bond donors (Lipinski definition) is 2. The molecule has 304 valence electrons. The Morgan fingerprint density at radius 3 is 2.56 bits per heavy atom. The van der Waals surface area contributed by atoms with Crippen LogP contribution in [0.15, 0.2) is 29.1 Å². The number of benzene rings is 1. The van der Waals surface area contributed by atoms with Gasteiger partial charge < -0.3 is 24.5 Å². The molecule has 3 aliphatic heterocycles. The molecule has 0 radical (unpaired) electrons. The van der Waals surface area contributed by atoms with E-state index in [0.717, 1.165) is 55.0 Å². The molecule has 7 rings (SSSR count). The van der Waals surface area contributed by atoms with Crippen LogP contribution in [0.3, 0.4) is 0 Å². The first-order valence-electron chi connectivity index (χ1n) is 19.9. The maximum absolute atomic E-state index is 13.6. The Morgan fingerprint density at radius 2 is 1.84 bits per heavy atom. The number of unbranched alkanes of at least 4 members (excludes halogenated alkanes) is 2. The second-order valence-corrected chi connectivity index (χ2v) is 20.0. The van der Waals surface area contributed by atoms with Crippen molar-refractivity contribution in [2.45, 2.75) is 113 Å². The molecular formula is C41H50N4O9P2S. The zero-order valence-electron chi connectivity index (χ0n) is 32.3. The van der Waals surface area contributed by atoms with Gasteiger partial charge in [-0.3, -0.25) is 28.9 Å². The Labute approximate surface area is 340 Å². The van der Waals surface area contributed by atoms with Crippen LogP contribution in [0.4, 0.5) is 0 Å². The van der Waals surface area contributed by atoms with Gasteiger partial charge in [-0.2, -0.15) is 0 Å². The van der Waals surface area contributed by atoms with Gasteiger partial charge in [0.1, 0.15) is 12.4 Å². The van der Waals surface area contributed by atoms with Crippen LogP contribution in [0.5, 0.6) is 5.75 Å². The highest BCUT2D eigenvalue weighted by atomic mass is 32.2. The number of ether oxygens (including phenoxy) is 2. The minimum Gasteiger partial charge on any atom is -0.458 e. The Hall–Kier alpha value is -3.70. The van der Waals surface area contributed by atoms with Gasteiger partial charge in [-0.15, -0.1) is 30.2 Å². The first kappa shape index (κ1) is 41.5. The molecule has 2 aromatic heterocycles. The lowest BCUT2D eigenvalue weighted by molar-refractivity contribution is -0.172. The molecule has 1 aliphatic carbocycles. The van der Waals surface area contributed by atoms with Crippen molar-refractivity contribution in [3.05, 3.63) is 56.9 Å². The fraction of sp³-hybridized carbons (Fsp3) is 0.537. The number of nitrogens with zero attached hydrogens (tertiary/aromatic N) is 3. The zero-order valence-corrected chi connectivity index (χ0v) is 35.5. The molecule has 3 aromatic rings. The number of aliphatic hydroxyl groups is 1. The second-order valence-electron chi connectivity index (χ2n) is 15.5. The van der Waals surface area contributed by atoms with Crippen LogP contribution in [-0.4, -0.2) is 72.3 Å². The molecular weight excluding hydrogens is 786 g/mol. The van der Waals surface area contributed by atoms with E-state index in [0.29, 0.717) is 48.6 Å². The molecule has 1 saturated heterocycles. The van der Waals surface area contributed by atoms with Gasteiger partial charge in [0.15, 0.2) is 5.60 Å². The predicted octanol–water partition coefficient (Wildman–Crippen LogP) is 4.92. The van der Waals surface area contributed by atoms with Crippen molar-refractivity contribution in [2.24, 2.45) is 11.8 Å². The lowest BCUT2D eigenvalue weighted by Crippen LogP contribution is -2.44. The molecule has 2 fully saturated rings. The van der Waals surface area contributed by atoms with Crippen LogP contribution >= 0.6 is 30.2 Å². The highest BCUT2D eigenvalue weighted by molar-refractivity contribution is 8.08. The number of rotatable bonds is 14. The van der Waals surface area contributed by atoms with Crippen molar-refractivity contribution in [3.63, 3.8) is 0 Å². The highest BCUT2D eigenvalue weighted by Gasteiger charge is 2.46. The van der Waals surface area contributed by atoms with Gasteiger partial charge in [-0.05, 0) is 87.1 Å². The summed E-state index contributed by atoms with van der Waals surface area (Å²) in [6.07, 6.45) is 6.39. The number of amides is 3. The number of cyclic esters (lactones) is 1. The molecule has 3 unspecified atom stereocenters. The number of aromatic nitrogens is 2. The van der Waals surface area contributed by atoms with E-state index in [2.05, 4.69) is 23.8 Å². The summed E-state index contributed by atoms with van der Waals surface area (Å²) < 4.78 is 12.7. The number of fused-ring (bicyclic) bond motifs is 5. The second kappa shape index (κ2) is 17.3. The van der Waals surface area contributed by atoms with Gasteiger partial charge in [-0.1, -0.05) is 20.3 Å². The largest absolute Gasteiger partial charge is 0.458 e. The Kier molecular flexibility index (Phi) is 12.6. The smallest absolute Gasteiger partial charge is 0.343 e. The molecule has 2 N–H and O–H groups in total. The van der Waals surface area contributed by atoms with Crippen LogP contribution < -0.4 is 15.6 Å². The van der Waals surface area contributed by atoms with E-state index in [-0.39, 0.29) is 94.6 Å². The standard InChI is InChI=1S/C41H50N4O9P2S/c1-3-25-26-16-24(13-14-30(26)43-35-27(25)20-44-31(35)17-29-28(37(44)49)21-53-39(51)41(29,52)4-2)54-34(47)8-6-5-7-15-42-36(48)23-11-9-22(10-12-23)19-45-33(46)18-32(38(45)50)57-40(55)56/h13-14,16-17,22-23,32,40,52H,3-12,15,18-21,55-56H2,1-2H3,(H,42,48)/t22?,23?,32?,41-/m0/s1. The molecule has 1 aromatic carbocycles. The third-order valence-corrected chi connectivity index (χ3v) is 13.9. The van der Waals surface area contributed by atoms with Crippen molar-refractivity contribution >= 4 is 70.8 Å². The maximum Gasteiger partial charge on any atom is 0.343 e. The molecule has 16 heteroatoms. The van der Waals surface area contributed by atoms with Crippen LogP contribution in [0.25, 0.3) is 22.3 Å². The fourth-order valence-electron chi connectivity index (χ4n) is 8.72. The van der Waals surface area contributed by atoms with E-state index < -0.39 is 11.6 Å². The number of imide groups is 1. The molecule has 1 saturated carbocycles. The predicted molar refractivity (Wildman–Crippen MR) is 222 cm³/mol. The van der Waals surface area contributed by atoms with Crippen LogP contribution in [0, 0.1) is 11.8 Å². The molecule has 0 spiro atoms. The number of nitrogens with one attached hydrogen (secondary N) is 1. The summed E-state index contributed by atoms with van der Waals surface area (Å²) in [6.45, 7) is 4.76. The molecule has 13 nitrogen and oxygen atoms in total. The van der Waals surface area contributed by atoms with Crippen molar-refractivity contribution < 1.29 is 38.6 Å². The maximum atomic E-state index is 13.6. The summed E-state index contributed by atoms with van der Waals surface area (Å²) in [5, 5.41) is 14.7. The molecule has 5 heterocycles. The van der Waals surface area contributed by atoms with E-state index in [1.807, 2.05) is 13.0 Å². The van der Waals surface area contributed by atoms with E-state index in [1.165, 1.54) is 16.7 Å². The molecule has 57 heavy (non-hydrogen) atoms. The van der Waals surface area contributed by atoms with Crippen LogP contribution in [-0.2, 0) is 53.9 Å². The topological polar surface area (TPSA) is 174 Å². The van der Waals surface area contributed by atoms with E-state index in [4.69, 9.17) is 14.5 Å². The fourth-order valence-corrected chi connectivity index (χ4v) is 10.7.